The van der Waals surface area contributed by atoms with Gasteiger partial charge in [-0.05, 0) is 50.2 Å². The van der Waals surface area contributed by atoms with Crippen LogP contribution >= 0.6 is 0 Å². The summed E-state index contributed by atoms with van der Waals surface area (Å²) >= 11 is 0. The molecule has 4 rings (SSSR count). The molecule has 1 aromatic heterocycles. The molecule has 6 nitrogen and oxygen atoms in total. The molecule has 1 unspecified atom stereocenters. The van der Waals surface area contributed by atoms with E-state index in [9.17, 15) is 9.18 Å². The summed E-state index contributed by atoms with van der Waals surface area (Å²) in [6.07, 6.45) is 0. The smallest absolute Gasteiger partial charge is 0.237 e. The first-order valence-electron chi connectivity index (χ1n) is 9.65. The van der Waals surface area contributed by atoms with E-state index < -0.39 is 0 Å². The minimum atomic E-state index is -0.292. The van der Waals surface area contributed by atoms with Crippen LogP contribution in [0.4, 0.5) is 15.9 Å². The van der Waals surface area contributed by atoms with Gasteiger partial charge in [0.25, 0.3) is 0 Å². The molecular weight excluding hydrogens is 369 g/mol. The highest BCUT2D eigenvalue weighted by atomic mass is 19.1. The third kappa shape index (κ3) is 3.73. The van der Waals surface area contributed by atoms with Crippen molar-refractivity contribution in [2.45, 2.75) is 33.0 Å². The van der Waals surface area contributed by atoms with Crippen molar-refractivity contribution in [2.75, 3.05) is 11.9 Å². The Morgan fingerprint density at radius 2 is 1.90 bits per heavy atom. The Morgan fingerprint density at radius 3 is 2.55 bits per heavy atom. The van der Waals surface area contributed by atoms with Gasteiger partial charge < -0.3 is 20.5 Å². The van der Waals surface area contributed by atoms with Gasteiger partial charge in [0.05, 0.1) is 13.1 Å². The molecule has 1 aliphatic rings. The van der Waals surface area contributed by atoms with Crippen molar-refractivity contribution >= 4 is 17.4 Å². The molecule has 150 valence electrons. The normalized spacial score (nSPS) is 15.9. The summed E-state index contributed by atoms with van der Waals surface area (Å²) in [4.78, 5) is 18.8. The molecule has 0 fully saturated rings. The first kappa shape index (κ1) is 19.1. The topological polar surface area (TPSA) is 76.2 Å². The molecule has 0 radical (unpaired) electrons. The monoisotopic (exact) mass is 393 g/mol. The van der Waals surface area contributed by atoms with E-state index in [4.69, 9.17) is 10.7 Å². The Labute approximate surface area is 169 Å². The largest absolute Gasteiger partial charge is 0.340 e. The zero-order chi connectivity index (χ0) is 20.5. The minimum absolute atomic E-state index is 0.00705. The Hall–Kier alpha value is -3.19. The van der Waals surface area contributed by atoms with Crippen molar-refractivity contribution in [1.29, 1.82) is 0 Å². The van der Waals surface area contributed by atoms with Crippen LogP contribution < -0.4 is 11.1 Å². The van der Waals surface area contributed by atoms with Gasteiger partial charge in [-0.25, -0.2) is 9.37 Å². The highest BCUT2D eigenvalue weighted by Gasteiger charge is 2.30. The second kappa shape index (κ2) is 7.67. The zero-order valence-corrected chi connectivity index (χ0v) is 16.5. The molecule has 0 saturated carbocycles. The number of aryl methyl sites for hydroxylation is 1. The summed E-state index contributed by atoms with van der Waals surface area (Å²) in [7, 11) is 0. The predicted molar refractivity (Wildman–Crippen MR) is 111 cm³/mol. The number of nitrogens with one attached hydrogen (secondary N) is 1. The predicted octanol–water partition coefficient (Wildman–Crippen LogP) is 3.43. The number of hydrogen-bond acceptors (Lipinski definition) is 4. The summed E-state index contributed by atoms with van der Waals surface area (Å²) < 4.78 is 15.5. The number of anilines is 2. The number of carbonyl (C=O) groups is 1. The maximum absolute atomic E-state index is 13.4. The lowest BCUT2D eigenvalue weighted by molar-refractivity contribution is -0.133. The number of nitrogens with zero attached hydrogens (tertiary/aromatic N) is 3. The molecule has 0 bridgehead atoms. The molecule has 0 spiro atoms. The average Bonchev–Trinajstić information content (AvgIpc) is 3.06. The van der Waals surface area contributed by atoms with Crippen LogP contribution in [-0.4, -0.2) is 32.9 Å². The number of nitrogens with two attached hydrogens (primary N) is 1. The van der Waals surface area contributed by atoms with Crippen LogP contribution in [0, 0.1) is 12.7 Å². The average molecular weight is 393 g/mol. The molecule has 0 saturated heterocycles. The molecule has 1 amide bonds. The van der Waals surface area contributed by atoms with E-state index in [-0.39, 0.29) is 24.3 Å². The molecular formula is C22H24FN5O. The SMILES string of the molecule is Cc1ccc(Nc2c(-c3ccc(F)cc3)nc3n2CC(C)N(C(=O)CN)C3)cc1. The van der Waals surface area contributed by atoms with Gasteiger partial charge in [0.2, 0.25) is 5.91 Å². The summed E-state index contributed by atoms with van der Waals surface area (Å²) in [6, 6.07) is 14.4. The van der Waals surface area contributed by atoms with Gasteiger partial charge in [0.15, 0.2) is 0 Å². The summed E-state index contributed by atoms with van der Waals surface area (Å²) in [5.41, 5.74) is 9.23. The third-order valence-corrected chi connectivity index (χ3v) is 5.26. The van der Waals surface area contributed by atoms with Crippen molar-refractivity contribution in [1.82, 2.24) is 14.5 Å². The fourth-order valence-electron chi connectivity index (χ4n) is 3.65. The maximum atomic E-state index is 13.4. The second-order valence-corrected chi connectivity index (χ2v) is 7.41. The summed E-state index contributed by atoms with van der Waals surface area (Å²) in [6.45, 7) is 5.01. The number of halogens is 1. The van der Waals surface area contributed by atoms with Crippen molar-refractivity contribution < 1.29 is 9.18 Å². The van der Waals surface area contributed by atoms with Crippen LogP contribution in [-0.2, 0) is 17.9 Å². The molecule has 3 aromatic rings. The number of amides is 1. The van der Waals surface area contributed by atoms with Crippen LogP contribution in [0.15, 0.2) is 48.5 Å². The Morgan fingerprint density at radius 1 is 1.21 bits per heavy atom. The molecule has 7 heteroatoms. The van der Waals surface area contributed by atoms with Gasteiger partial charge in [-0.2, -0.15) is 0 Å². The van der Waals surface area contributed by atoms with Crippen LogP contribution in [0.1, 0.15) is 18.3 Å². The number of rotatable bonds is 4. The van der Waals surface area contributed by atoms with Crippen LogP contribution in [0.2, 0.25) is 0 Å². The lowest BCUT2D eigenvalue weighted by atomic mass is 10.1. The van der Waals surface area contributed by atoms with E-state index in [2.05, 4.69) is 9.88 Å². The Balaban J connectivity index is 1.79. The van der Waals surface area contributed by atoms with E-state index in [0.717, 1.165) is 28.6 Å². The Kier molecular flexibility index (Phi) is 5.07. The van der Waals surface area contributed by atoms with Gasteiger partial charge in [-0.1, -0.05) is 17.7 Å². The highest BCUT2D eigenvalue weighted by molar-refractivity contribution is 5.79. The maximum Gasteiger partial charge on any atom is 0.237 e. The van der Waals surface area contributed by atoms with Crippen LogP contribution in [0.3, 0.4) is 0 Å². The van der Waals surface area contributed by atoms with Crippen LogP contribution in [0.25, 0.3) is 11.3 Å². The molecule has 1 atom stereocenters. The van der Waals surface area contributed by atoms with Gasteiger partial charge >= 0.3 is 0 Å². The number of fused-ring (bicyclic) bond motifs is 1. The fraction of sp³-hybridized carbons (Fsp3) is 0.273. The zero-order valence-electron chi connectivity index (χ0n) is 16.5. The molecule has 3 N–H and O–H groups in total. The number of imidazole rings is 1. The van der Waals surface area contributed by atoms with Crippen molar-refractivity contribution in [3.63, 3.8) is 0 Å². The van der Waals surface area contributed by atoms with Crippen molar-refractivity contribution in [2.24, 2.45) is 5.73 Å². The standard InChI is InChI=1S/C22H24FN5O/c1-14-3-9-18(10-4-14)25-22-21(16-5-7-17(23)8-6-16)26-19-13-27(20(29)11-24)15(2)12-28(19)22/h3-10,15,25H,11-13,24H2,1-2H3. The van der Waals surface area contributed by atoms with E-state index in [0.29, 0.717) is 13.1 Å². The van der Waals surface area contributed by atoms with Crippen molar-refractivity contribution in [3.8, 4) is 11.3 Å². The highest BCUT2D eigenvalue weighted by Crippen LogP contribution is 2.34. The van der Waals surface area contributed by atoms with Crippen LogP contribution in [0.5, 0.6) is 0 Å². The lowest BCUT2D eigenvalue weighted by Crippen LogP contribution is -2.47. The molecule has 1 aliphatic heterocycles. The van der Waals surface area contributed by atoms with E-state index in [1.165, 1.54) is 17.7 Å². The lowest BCUT2D eigenvalue weighted by Gasteiger charge is -2.34. The molecule has 0 aliphatic carbocycles. The van der Waals surface area contributed by atoms with E-state index in [1.807, 2.05) is 38.1 Å². The molecule has 2 aromatic carbocycles. The third-order valence-electron chi connectivity index (χ3n) is 5.26. The van der Waals surface area contributed by atoms with Gasteiger partial charge in [-0.3, -0.25) is 4.79 Å². The Bertz CT molecular complexity index is 1030. The summed E-state index contributed by atoms with van der Waals surface area (Å²) in [5.74, 6) is 1.23. The molecule has 2 heterocycles. The number of hydrogen-bond donors (Lipinski definition) is 2. The quantitative estimate of drug-likeness (QED) is 0.712. The number of aromatic nitrogens is 2. The first-order chi connectivity index (χ1) is 14.0. The van der Waals surface area contributed by atoms with E-state index in [1.54, 1.807) is 17.0 Å². The van der Waals surface area contributed by atoms with E-state index >= 15 is 0 Å². The van der Waals surface area contributed by atoms with Gasteiger partial charge in [-0.15, -0.1) is 0 Å². The molecule has 29 heavy (non-hydrogen) atoms. The first-order valence-corrected chi connectivity index (χ1v) is 9.65. The summed E-state index contributed by atoms with van der Waals surface area (Å²) in [5, 5.41) is 3.48. The van der Waals surface area contributed by atoms with Crippen molar-refractivity contribution in [3.05, 3.63) is 65.7 Å². The fourth-order valence-corrected chi connectivity index (χ4v) is 3.65. The minimum Gasteiger partial charge on any atom is -0.340 e. The number of benzene rings is 2. The number of carbonyl (C=O) groups excluding carboxylic acids is 1. The van der Waals surface area contributed by atoms with Gasteiger partial charge in [0, 0.05) is 23.8 Å². The van der Waals surface area contributed by atoms with Gasteiger partial charge in [0.1, 0.15) is 23.2 Å². The second-order valence-electron chi connectivity index (χ2n) is 7.41.